The van der Waals surface area contributed by atoms with Crippen molar-refractivity contribution >= 4 is 11.8 Å². The first-order chi connectivity index (χ1) is 4.34. The van der Waals surface area contributed by atoms with Crippen LogP contribution in [0.2, 0.25) is 0 Å². The van der Waals surface area contributed by atoms with Gasteiger partial charge in [0.1, 0.15) is 6.17 Å². The van der Waals surface area contributed by atoms with Crippen LogP contribution in [-0.2, 0) is 0 Å². The standard InChI is InChI=1S/C7H11FS/c1-9-7-5-3-2-4-6(7)8/h2,4,6-7H,3,5H2,1H3. The third-order valence-corrected chi connectivity index (χ3v) is 2.70. The summed E-state index contributed by atoms with van der Waals surface area (Å²) in [5.74, 6) is 0. The third-order valence-electron chi connectivity index (χ3n) is 1.60. The Morgan fingerprint density at radius 1 is 1.67 bits per heavy atom. The van der Waals surface area contributed by atoms with Crippen LogP contribution in [0.4, 0.5) is 4.39 Å². The van der Waals surface area contributed by atoms with Crippen LogP contribution in [0.25, 0.3) is 0 Å². The SMILES string of the molecule is CSC1CCC=CC1F. The van der Waals surface area contributed by atoms with Crippen LogP contribution in [0.5, 0.6) is 0 Å². The minimum atomic E-state index is -0.700. The first-order valence-electron chi connectivity index (χ1n) is 3.18. The molecule has 0 spiro atoms. The summed E-state index contributed by atoms with van der Waals surface area (Å²) in [7, 11) is 0. The normalized spacial score (nSPS) is 34.9. The second-order valence-corrected chi connectivity index (χ2v) is 3.30. The van der Waals surface area contributed by atoms with E-state index >= 15 is 0 Å². The van der Waals surface area contributed by atoms with Gasteiger partial charge >= 0.3 is 0 Å². The van der Waals surface area contributed by atoms with Crippen molar-refractivity contribution in [3.05, 3.63) is 12.2 Å². The van der Waals surface area contributed by atoms with Crippen LogP contribution < -0.4 is 0 Å². The van der Waals surface area contributed by atoms with Crippen molar-refractivity contribution in [3.8, 4) is 0 Å². The Balaban J connectivity index is 2.44. The van der Waals surface area contributed by atoms with E-state index in [-0.39, 0.29) is 5.25 Å². The monoisotopic (exact) mass is 146 g/mol. The van der Waals surface area contributed by atoms with Crippen molar-refractivity contribution in [1.82, 2.24) is 0 Å². The molecule has 52 valence electrons. The molecule has 0 heterocycles. The Morgan fingerprint density at radius 3 is 2.89 bits per heavy atom. The van der Waals surface area contributed by atoms with Crippen molar-refractivity contribution < 1.29 is 4.39 Å². The predicted molar refractivity (Wildman–Crippen MR) is 40.6 cm³/mol. The Labute approximate surface area is 59.5 Å². The Bertz CT molecular complexity index is 111. The maximum Gasteiger partial charge on any atom is 0.130 e. The van der Waals surface area contributed by atoms with E-state index in [1.165, 1.54) is 0 Å². The fourth-order valence-corrected chi connectivity index (χ4v) is 1.74. The topological polar surface area (TPSA) is 0 Å². The average Bonchev–Trinajstić information content (AvgIpc) is 1.89. The maximum absolute atomic E-state index is 12.7. The van der Waals surface area contributed by atoms with E-state index in [1.807, 2.05) is 12.3 Å². The predicted octanol–water partition coefficient (Wildman–Crippen LogP) is 2.41. The minimum absolute atomic E-state index is 0.218. The fourth-order valence-electron chi connectivity index (χ4n) is 1.02. The van der Waals surface area contributed by atoms with E-state index in [9.17, 15) is 4.39 Å². The van der Waals surface area contributed by atoms with Gasteiger partial charge in [0.25, 0.3) is 0 Å². The number of hydrogen-bond donors (Lipinski definition) is 0. The molecular formula is C7H11FS. The van der Waals surface area contributed by atoms with E-state index in [0.717, 1.165) is 12.8 Å². The van der Waals surface area contributed by atoms with Gasteiger partial charge in [-0.25, -0.2) is 4.39 Å². The van der Waals surface area contributed by atoms with E-state index in [4.69, 9.17) is 0 Å². The highest BCUT2D eigenvalue weighted by atomic mass is 32.2. The smallest absolute Gasteiger partial charge is 0.130 e. The molecule has 0 aliphatic heterocycles. The van der Waals surface area contributed by atoms with Gasteiger partial charge in [-0.15, -0.1) is 0 Å². The van der Waals surface area contributed by atoms with Gasteiger partial charge in [-0.1, -0.05) is 12.2 Å². The maximum atomic E-state index is 12.7. The van der Waals surface area contributed by atoms with Crippen LogP contribution in [0, 0.1) is 0 Å². The molecular weight excluding hydrogens is 135 g/mol. The lowest BCUT2D eigenvalue weighted by Crippen LogP contribution is -2.18. The molecule has 9 heavy (non-hydrogen) atoms. The highest BCUT2D eigenvalue weighted by molar-refractivity contribution is 7.99. The largest absolute Gasteiger partial charge is 0.242 e. The molecule has 0 saturated carbocycles. The van der Waals surface area contributed by atoms with Gasteiger partial charge in [0.15, 0.2) is 0 Å². The molecule has 0 aromatic rings. The van der Waals surface area contributed by atoms with Gasteiger partial charge in [0.05, 0.1) is 0 Å². The summed E-state index contributed by atoms with van der Waals surface area (Å²) in [6, 6.07) is 0. The number of thioether (sulfide) groups is 1. The average molecular weight is 146 g/mol. The molecule has 0 amide bonds. The summed E-state index contributed by atoms with van der Waals surface area (Å²) < 4.78 is 12.7. The summed E-state index contributed by atoms with van der Waals surface area (Å²) in [5, 5.41) is 0.218. The molecule has 0 fully saturated rings. The summed E-state index contributed by atoms with van der Waals surface area (Å²) in [5.41, 5.74) is 0. The molecule has 1 aliphatic carbocycles. The van der Waals surface area contributed by atoms with Crippen molar-refractivity contribution in [2.45, 2.75) is 24.3 Å². The zero-order valence-corrected chi connectivity index (χ0v) is 6.33. The Morgan fingerprint density at radius 2 is 2.44 bits per heavy atom. The van der Waals surface area contributed by atoms with Crippen LogP contribution in [0.1, 0.15) is 12.8 Å². The Hall–Kier alpha value is 0.0200. The molecule has 1 rings (SSSR count). The second kappa shape index (κ2) is 3.25. The van der Waals surface area contributed by atoms with Crippen LogP contribution in [-0.4, -0.2) is 17.7 Å². The molecule has 0 aromatic heterocycles. The van der Waals surface area contributed by atoms with Gasteiger partial charge in [0, 0.05) is 5.25 Å². The van der Waals surface area contributed by atoms with E-state index in [2.05, 4.69) is 0 Å². The van der Waals surface area contributed by atoms with Crippen molar-refractivity contribution in [2.75, 3.05) is 6.26 Å². The van der Waals surface area contributed by atoms with Crippen molar-refractivity contribution in [2.24, 2.45) is 0 Å². The summed E-state index contributed by atoms with van der Waals surface area (Å²) in [6.07, 6.45) is 6.91. The van der Waals surface area contributed by atoms with Crippen LogP contribution in [0.3, 0.4) is 0 Å². The van der Waals surface area contributed by atoms with Gasteiger partial charge in [0.2, 0.25) is 0 Å². The first-order valence-corrected chi connectivity index (χ1v) is 4.47. The summed E-state index contributed by atoms with van der Waals surface area (Å²) >= 11 is 1.63. The molecule has 2 heteroatoms. The van der Waals surface area contributed by atoms with Gasteiger partial charge in [-0.05, 0) is 19.1 Å². The zero-order valence-electron chi connectivity index (χ0n) is 5.51. The van der Waals surface area contributed by atoms with E-state index < -0.39 is 6.17 Å². The van der Waals surface area contributed by atoms with Crippen molar-refractivity contribution in [1.29, 1.82) is 0 Å². The van der Waals surface area contributed by atoms with E-state index in [1.54, 1.807) is 17.8 Å². The summed E-state index contributed by atoms with van der Waals surface area (Å²) in [4.78, 5) is 0. The van der Waals surface area contributed by atoms with Crippen LogP contribution in [0.15, 0.2) is 12.2 Å². The first kappa shape index (κ1) is 7.13. The minimum Gasteiger partial charge on any atom is -0.242 e. The molecule has 0 radical (unpaired) electrons. The molecule has 0 nitrogen and oxygen atoms in total. The molecule has 0 bridgehead atoms. The molecule has 1 aliphatic rings. The van der Waals surface area contributed by atoms with Gasteiger partial charge in [-0.3, -0.25) is 0 Å². The highest BCUT2D eigenvalue weighted by Gasteiger charge is 2.18. The number of hydrogen-bond acceptors (Lipinski definition) is 1. The highest BCUT2D eigenvalue weighted by Crippen LogP contribution is 2.24. The van der Waals surface area contributed by atoms with Crippen LogP contribution >= 0.6 is 11.8 Å². The number of halogens is 1. The molecule has 0 aromatic carbocycles. The lowest BCUT2D eigenvalue weighted by Gasteiger charge is -2.18. The quantitative estimate of drug-likeness (QED) is 0.512. The molecule has 0 N–H and O–H groups in total. The second-order valence-electron chi connectivity index (χ2n) is 2.22. The molecule has 0 saturated heterocycles. The molecule has 2 unspecified atom stereocenters. The number of rotatable bonds is 1. The van der Waals surface area contributed by atoms with Gasteiger partial charge < -0.3 is 0 Å². The third kappa shape index (κ3) is 1.71. The van der Waals surface area contributed by atoms with Gasteiger partial charge in [-0.2, -0.15) is 11.8 Å². The molecule has 2 atom stereocenters. The summed E-state index contributed by atoms with van der Waals surface area (Å²) in [6.45, 7) is 0. The number of alkyl halides is 1. The lowest BCUT2D eigenvalue weighted by molar-refractivity contribution is 0.371. The van der Waals surface area contributed by atoms with Crippen molar-refractivity contribution in [3.63, 3.8) is 0 Å². The zero-order chi connectivity index (χ0) is 6.69. The lowest BCUT2D eigenvalue weighted by atomic mass is 10.1. The number of allylic oxidation sites excluding steroid dienone is 2. The fraction of sp³-hybridized carbons (Fsp3) is 0.714. The van der Waals surface area contributed by atoms with E-state index in [0.29, 0.717) is 0 Å². The Kier molecular flexibility index (Phi) is 2.58.